The predicted octanol–water partition coefficient (Wildman–Crippen LogP) is 1.53. The molecule has 0 saturated heterocycles. The molecular formula is C10H13N5O. The second-order valence-electron chi connectivity index (χ2n) is 3.50. The maximum Gasteiger partial charge on any atom is 0.216 e. The fraction of sp³-hybridized carbons (Fsp3) is 0.300. The van der Waals surface area contributed by atoms with Crippen LogP contribution in [0.25, 0.3) is 0 Å². The molecule has 2 heterocycles. The molecule has 0 fully saturated rings. The van der Waals surface area contributed by atoms with Crippen molar-refractivity contribution in [3.63, 3.8) is 0 Å². The summed E-state index contributed by atoms with van der Waals surface area (Å²) >= 11 is 0. The minimum atomic E-state index is -0.0667. The van der Waals surface area contributed by atoms with Crippen LogP contribution in [0.2, 0.25) is 0 Å². The molecule has 2 aromatic heterocycles. The van der Waals surface area contributed by atoms with Crippen LogP contribution < -0.4 is 11.1 Å². The number of aryl methyl sites for hydroxylation is 1. The van der Waals surface area contributed by atoms with Gasteiger partial charge in [-0.2, -0.15) is 0 Å². The standard InChI is InChI=1S/C10H13N5O/c1-6-4-12-10(16-6)7(2)15-9-3-8(11)13-5-14-9/h3-5,7H,1-2H3,(H3,11,13,14,15). The van der Waals surface area contributed by atoms with Gasteiger partial charge in [0.05, 0.1) is 6.20 Å². The number of oxazole rings is 1. The van der Waals surface area contributed by atoms with Crippen LogP contribution in [0.5, 0.6) is 0 Å². The average Bonchev–Trinajstić information content (AvgIpc) is 2.65. The van der Waals surface area contributed by atoms with E-state index in [1.807, 2.05) is 13.8 Å². The summed E-state index contributed by atoms with van der Waals surface area (Å²) in [4.78, 5) is 12.0. The number of nitrogens with one attached hydrogen (secondary N) is 1. The summed E-state index contributed by atoms with van der Waals surface area (Å²) in [5, 5.41) is 3.12. The van der Waals surface area contributed by atoms with E-state index >= 15 is 0 Å². The van der Waals surface area contributed by atoms with Gasteiger partial charge in [-0.15, -0.1) is 0 Å². The Balaban J connectivity index is 2.10. The van der Waals surface area contributed by atoms with Crippen LogP contribution in [0, 0.1) is 6.92 Å². The van der Waals surface area contributed by atoms with E-state index in [0.29, 0.717) is 17.5 Å². The zero-order valence-electron chi connectivity index (χ0n) is 9.14. The molecule has 0 aliphatic carbocycles. The van der Waals surface area contributed by atoms with Gasteiger partial charge in [-0.05, 0) is 13.8 Å². The third-order valence-corrected chi connectivity index (χ3v) is 2.06. The Bertz CT molecular complexity index is 482. The van der Waals surface area contributed by atoms with E-state index in [-0.39, 0.29) is 6.04 Å². The lowest BCUT2D eigenvalue weighted by Gasteiger charge is -2.10. The Morgan fingerprint density at radius 2 is 2.19 bits per heavy atom. The van der Waals surface area contributed by atoms with E-state index in [2.05, 4.69) is 20.3 Å². The van der Waals surface area contributed by atoms with E-state index in [9.17, 15) is 0 Å². The first-order chi connectivity index (χ1) is 7.65. The fourth-order valence-corrected chi connectivity index (χ4v) is 1.31. The highest BCUT2D eigenvalue weighted by Gasteiger charge is 2.11. The van der Waals surface area contributed by atoms with Crippen LogP contribution in [0.15, 0.2) is 23.0 Å². The molecule has 6 nitrogen and oxygen atoms in total. The van der Waals surface area contributed by atoms with Crippen molar-refractivity contribution in [3.05, 3.63) is 30.2 Å². The SMILES string of the molecule is Cc1cnc(C(C)Nc2cc(N)ncn2)o1. The third-order valence-electron chi connectivity index (χ3n) is 2.06. The van der Waals surface area contributed by atoms with E-state index in [0.717, 1.165) is 5.76 Å². The quantitative estimate of drug-likeness (QED) is 0.813. The van der Waals surface area contributed by atoms with Crippen LogP contribution in [-0.2, 0) is 0 Å². The van der Waals surface area contributed by atoms with Gasteiger partial charge in [-0.1, -0.05) is 0 Å². The molecule has 0 aliphatic rings. The van der Waals surface area contributed by atoms with Crippen molar-refractivity contribution < 1.29 is 4.42 Å². The molecule has 0 saturated carbocycles. The second-order valence-corrected chi connectivity index (χ2v) is 3.50. The second kappa shape index (κ2) is 4.18. The van der Waals surface area contributed by atoms with Crippen LogP contribution in [0.4, 0.5) is 11.6 Å². The van der Waals surface area contributed by atoms with Crippen molar-refractivity contribution in [3.8, 4) is 0 Å². The highest BCUT2D eigenvalue weighted by molar-refractivity contribution is 5.44. The molecule has 0 bridgehead atoms. The predicted molar refractivity (Wildman–Crippen MR) is 59.7 cm³/mol. The fourth-order valence-electron chi connectivity index (χ4n) is 1.31. The van der Waals surface area contributed by atoms with Crippen LogP contribution in [0.3, 0.4) is 0 Å². The first kappa shape index (κ1) is 10.4. The molecule has 0 radical (unpaired) electrons. The summed E-state index contributed by atoms with van der Waals surface area (Å²) in [6.07, 6.45) is 3.09. The molecule has 0 amide bonds. The number of nitrogens with two attached hydrogens (primary N) is 1. The number of hydrogen-bond acceptors (Lipinski definition) is 6. The number of anilines is 2. The molecule has 1 unspecified atom stereocenters. The molecule has 1 atom stereocenters. The van der Waals surface area contributed by atoms with E-state index in [1.165, 1.54) is 6.33 Å². The highest BCUT2D eigenvalue weighted by Crippen LogP contribution is 2.17. The summed E-state index contributed by atoms with van der Waals surface area (Å²) in [6.45, 7) is 3.79. The molecule has 2 aromatic rings. The Kier molecular flexibility index (Phi) is 2.72. The molecule has 6 heteroatoms. The van der Waals surface area contributed by atoms with Crippen molar-refractivity contribution in [1.82, 2.24) is 15.0 Å². The molecule has 3 N–H and O–H groups in total. The number of hydrogen-bond donors (Lipinski definition) is 2. The zero-order valence-corrected chi connectivity index (χ0v) is 9.14. The lowest BCUT2D eigenvalue weighted by atomic mass is 10.3. The summed E-state index contributed by atoms with van der Waals surface area (Å²) < 4.78 is 5.40. The smallest absolute Gasteiger partial charge is 0.216 e. The minimum absolute atomic E-state index is 0.0667. The van der Waals surface area contributed by atoms with Gasteiger partial charge >= 0.3 is 0 Å². The van der Waals surface area contributed by atoms with E-state index in [4.69, 9.17) is 10.2 Å². The Labute approximate surface area is 92.9 Å². The van der Waals surface area contributed by atoms with E-state index in [1.54, 1.807) is 12.3 Å². The normalized spacial score (nSPS) is 12.4. The molecular weight excluding hydrogens is 206 g/mol. The monoisotopic (exact) mass is 219 g/mol. The molecule has 2 rings (SSSR count). The maximum atomic E-state index is 5.55. The van der Waals surface area contributed by atoms with Crippen molar-refractivity contribution in [2.24, 2.45) is 0 Å². The lowest BCUT2D eigenvalue weighted by molar-refractivity contribution is 0.453. The van der Waals surface area contributed by atoms with Gasteiger partial charge in [0.25, 0.3) is 0 Å². The third kappa shape index (κ3) is 2.28. The van der Waals surface area contributed by atoms with Crippen molar-refractivity contribution in [2.75, 3.05) is 11.1 Å². The molecule has 16 heavy (non-hydrogen) atoms. The van der Waals surface area contributed by atoms with Gasteiger partial charge in [0, 0.05) is 6.07 Å². The highest BCUT2D eigenvalue weighted by atomic mass is 16.4. The van der Waals surface area contributed by atoms with Gasteiger partial charge in [0.1, 0.15) is 29.8 Å². The van der Waals surface area contributed by atoms with E-state index < -0.39 is 0 Å². The van der Waals surface area contributed by atoms with Gasteiger partial charge in [-0.25, -0.2) is 15.0 Å². The van der Waals surface area contributed by atoms with Crippen LogP contribution in [0.1, 0.15) is 24.6 Å². The average molecular weight is 219 g/mol. The summed E-state index contributed by atoms with van der Waals surface area (Å²) in [5.74, 6) is 2.48. The van der Waals surface area contributed by atoms with Gasteiger partial charge < -0.3 is 15.5 Å². The number of nitrogen functional groups attached to an aromatic ring is 1. The van der Waals surface area contributed by atoms with Crippen LogP contribution >= 0.6 is 0 Å². The van der Waals surface area contributed by atoms with Gasteiger partial charge in [0.15, 0.2) is 0 Å². The zero-order chi connectivity index (χ0) is 11.5. The Hall–Kier alpha value is -2.11. The molecule has 0 spiro atoms. The first-order valence-corrected chi connectivity index (χ1v) is 4.91. The topological polar surface area (TPSA) is 89.9 Å². The lowest BCUT2D eigenvalue weighted by Crippen LogP contribution is -2.08. The molecule has 0 aliphatic heterocycles. The van der Waals surface area contributed by atoms with Crippen molar-refractivity contribution in [1.29, 1.82) is 0 Å². The molecule has 84 valence electrons. The van der Waals surface area contributed by atoms with Gasteiger partial charge in [0.2, 0.25) is 5.89 Å². The summed E-state index contributed by atoms with van der Waals surface area (Å²) in [5.41, 5.74) is 5.55. The van der Waals surface area contributed by atoms with Gasteiger partial charge in [-0.3, -0.25) is 0 Å². The first-order valence-electron chi connectivity index (χ1n) is 4.91. The minimum Gasteiger partial charge on any atom is -0.444 e. The Morgan fingerprint density at radius 1 is 1.38 bits per heavy atom. The number of rotatable bonds is 3. The summed E-state index contributed by atoms with van der Waals surface area (Å²) in [6, 6.07) is 1.59. The van der Waals surface area contributed by atoms with Crippen molar-refractivity contribution >= 4 is 11.6 Å². The molecule has 0 aromatic carbocycles. The largest absolute Gasteiger partial charge is 0.444 e. The number of aromatic nitrogens is 3. The summed E-state index contributed by atoms with van der Waals surface area (Å²) in [7, 11) is 0. The Morgan fingerprint density at radius 3 is 2.81 bits per heavy atom. The van der Waals surface area contributed by atoms with Crippen molar-refractivity contribution in [2.45, 2.75) is 19.9 Å². The number of nitrogens with zero attached hydrogens (tertiary/aromatic N) is 3. The maximum absolute atomic E-state index is 5.55. The van der Waals surface area contributed by atoms with Crippen LogP contribution in [-0.4, -0.2) is 15.0 Å².